The van der Waals surface area contributed by atoms with Crippen LogP contribution in [0.25, 0.3) is 64.3 Å². The summed E-state index contributed by atoms with van der Waals surface area (Å²) in [5.74, 6) is 0. The van der Waals surface area contributed by atoms with Crippen molar-refractivity contribution < 1.29 is 0 Å². The first kappa shape index (κ1) is 28.3. The van der Waals surface area contributed by atoms with Crippen molar-refractivity contribution >= 4 is 59.3 Å². The van der Waals surface area contributed by atoms with Crippen molar-refractivity contribution in [2.24, 2.45) is 0 Å². The molecule has 0 aliphatic heterocycles. The van der Waals surface area contributed by atoms with Crippen LogP contribution in [-0.2, 0) is 0 Å². The minimum atomic E-state index is 1.11. The van der Waals surface area contributed by atoms with Crippen LogP contribution in [0.5, 0.6) is 0 Å². The molecule has 0 N–H and O–H groups in total. The highest BCUT2D eigenvalue weighted by molar-refractivity contribution is 7.25. The Labute approximate surface area is 284 Å². The zero-order valence-electron chi connectivity index (χ0n) is 26.3. The van der Waals surface area contributed by atoms with Crippen LogP contribution in [0.15, 0.2) is 188 Å². The van der Waals surface area contributed by atoms with E-state index in [1.165, 1.54) is 64.3 Å². The summed E-state index contributed by atoms with van der Waals surface area (Å²) in [6.07, 6.45) is 0. The molecule has 1 nitrogen and oxygen atoms in total. The smallest absolute Gasteiger partial charge is 0.0546 e. The third-order valence-corrected chi connectivity index (χ3v) is 10.3. The largest absolute Gasteiger partial charge is 0.310 e. The van der Waals surface area contributed by atoms with Crippen LogP contribution >= 0.6 is 11.3 Å². The Balaban J connectivity index is 1.36. The fraction of sp³-hybridized carbons (Fsp3) is 0. The number of hydrogen-bond acceptors (Lipinski definition) is 2. The third-order valence-electron chi connectivity index (χ3n) is 9.20. The van der Waals surface area contributed by atoms with Crippen molar-refractivity contribution in [1.82, 2.24) is 0 Å². The highest BCUT2D eigenvalue weighted by atomic mass is 32.1. The predicted molar refractivity (Wildman–Crippen MR) is 208 cm³/mol. The Bertz CT molecular complexity index is 2490. The first-order valence-electron chi connectivity index (χ1n) is 16.3. The Morgan fingerprint density at radius 3 is 1.54 bits per heavy atom. The molecule has 1 aromatic heterocycles. The molecule has 48 heavy (non-hydrogen) atoms. The summed E-state index contributed by atoms with van der Waals surface area (Å²) in [5, 5.41) is 5.04. The van der Waals surface area contributed by atoms with Crippen LogP contribution in [0, 0.1) is 0 Å². The maximum Gasteiger partial charge on any atom is 0.0546 e. The molecule has 0 unspecified atom stereocenters. The molecule has 0 radical (unpaired) electrons. The van der Waals surface area contributed by atoms with Crippen molar-refractivity contribution in [3.63, 3.8) is 0 Å². The lowest BCUT2D eigenvalue weighted by Gasteiger charge is -2.29. The molecule has 0 saturated heterocycles. The van der Waals surface area contributed by atoms with E-state index in [1.807, 2.05) is 11.3 Å². The maximum atomic E-state index is 2.47. The van der Waals surface area contributed by atoms with E-state index in [4.69, 9.17) is 0 Å². The SMILES string of the molecule is c1ccc(-c2cc(-c3ccccc3)cc(N(c3ccc4c(c3)sc3ccccc34)c3cc4ccccc4cc3-c3ccccc3)c2)cc1. The molecule has 0 aliphatic carbocycles. The van der Waals surface area contributed by atoms with Gasteiger partial charge in [-0.25, -0.2) is 0 Å². The topological polar surface area (TPSA) is 3.24 Å². The van der Waals surface area contributed by atoms with E-state index in [1.54, 1.807) is 0 Å². The first-order chi connectivity index (χ1) is 23.8. The van der Waals surface area contributed by atoms with Crippen molar-refractivity contribution in [3.05, 3.63) is 188 Å². The number of thiophene rings is 1. The summed E-state index contributed by atoms with van der Waals surface area (Å²) in [6, 6.07) is 68.4. The van der Waals surface area contributed by atoms with Gasteiger partial charge >= 0.3 is 0 Å². The predicted octanol–water partition coefficient (Wildman–Crippen LogP) is 13.7. The number of rotatable bonds is 6. The molecule has 9 aromatic rings. The van der Waals surface area contributed by atoms with E-state index in [-0.39, 0.29) is 0 Å². The number of fused-ring (bicyclic) bond motifs is 4. The van der Waals surface area contributed by atoms with Crippen LogP contribution in [0.4, 0.5) is 17.1 Å². The Kier molecular flexibility index (Phi) is 7.07. The minimum Gasteiger partial charge on any atom is -0.310 e. The summed E-state index contributed by atoms with van der Waals surface area (Å²) in [7, 11) is 0. The van der Waals surface area contributed by atoms with Crippen LogP contribution < -0.4 is 4.90 Å². The van der Waals surface area contributed by atoms with Crippen molar-refractivity contribution in [3.8, 4) is 33.4 Å². The summed E-state index contributed by atoms with van der Waals surface area (Å²) in [5.41, 5.74) is 10.5. The van der Waals surface area contributed by atoms with Crippen LogP contribution in [0.1, 0.15) is 0 Å². The lowest BCUT2D eigenvalue weighted by atomic mass is 9.95. The van der Waals surface area contributed by atoms with Crippen LogP contribution in [0.3, 0.4) is 0 Å². The molecule has 1 heterocycles. The highest BCUT2D eigenvalue weighted by Gasteiger charge is 2.21. The molecule has 0 atom stereocenters. The van der Waals surface area contributed by atoms with Gasteiger partial charge in [-0.15, -0.1) is 11.3 Å². The zero-order valence-corrected chi connectivity index (χ0v) is 27.1. The fourth-order valence-corrected chi connectivity index (χ4v) is 8.02. The Morgan fingerprint density at radius 1 is 0.333 bits per heavy atom. The standard InChI is InChI=1S/C46H31NS/c1-4-14-32(15-5-1)37-26-38(33-16-6-2-7-17-33)28-40(27-37)47(39-24-25-42-41-22-12-13-23-45(41)48-46(42)31-39)44-30-36-21-11-10-20-35(36)29-43(44)34-18-8-3-9-19-34/h1-31H. The van der Waals surface area contributed by atoms with Gasteiger partial charge in [-0.1, -0.05) is 140 Å². The Morgan fingerprint density at radius 2 is 0.875 bits per heavy atom. The normalized spacial score (nSPS) is 11.3. The van der Waals surface area contributed by atoms with Crippen molar-refractivity contribution in [2.75, 3.05) is 4.90 Å². The molecule has 0 fully saturated rings. The van der Waals surface area contributed by atoms with Gasteiger partial charge in [0.15, 0.2) is 0 Å². The second-order valence-electron chi connectivity index (χ2n) is 12.2. The van der Waals surface area contributed by atoms with E-state index < -0.39 is 0 Å². The third kappa shape index (κ3) is 5.13. The lowest BCUT2D eigenvalue weighted by Crippen LogP contribution is -2.12. The van der Waals surface area contributed by atoms with Gasteiger partial charge in [0.25, 0.3) is 0 Å². The molecular formula is C46H31NS. The monoisotopic (exact) mass is 629 g/mol. The maximum absolute atomic E-state index is 2.47. The van der Waals surface area contributed by atoms with Gasteiger partial charge in [-0.2, -0.15) is 0 Å². The van der Waals surface area contributed by atoms with E-state index in [0.717, 1.165) is 17.1 Å². The van der Waals surface area contributed by atoms with E-state index >= 15 is 0 Å². The van der Waals surface area contributed by atoms with Gasteiger partial charge < -0.3 is 4.90 Å². The molecule has 0 aliphatic rings. The molecule has 0 saturated carbocycles. The average Bonchev–Trinajstić information content (AvgIpc) is 3.54. The van der Waals surface area contributed by atoms with Crippen molar-refractivity contribution in [1.29, 1.82) is 0 Å². The second-order valence-corrected chi connectivity index (χ2v) is 13.3. The summed E-state index contributed by atoms with van der Waals surface area (Å²) in [6.45, 7) is 0. The molecule has 226 valence electrons. The van der Waals surface area contributed by atoms with E-state index in [2.05, 4.69) is 193 Å². The lowest BCUT2D eigenvalue weighted by molar-refractivity contribution is 1.30. The summed E-state index contributed by atoms with van der Waals surface area (Å²) in [4.78, 5) is 2.47. The second kappa shape index (κ2) is 12.0. The first-order valence-corrected chi connectivity index (χ1v) is 17.2. The highest BCUT2D eigenvalue weighted by Crippen LogP contribution is 2.46. The van der Waals surface area contributed by atoms with Gasteiger partial charge in [0.1, 0.15) is 0 Å². The molecule has 9 rings (SSSR count). The molecular weight excluding hydrogens is 599 g/mol. The van der Waals surface area contributed by atoms with Gasteiger partial charge in [0, 0.05) is 37.1 Å². The molecule has 2 heteroatoms. The quantitative estimate of drug-likeness (QED) is 0.177. The van der Waals surface area contributed by atoms with Gasteiger partial charge in [0.05, 0.1) is 5.69 Å². The number of nitrogens with zero attached hydrogens (tertiary/aromatic N) is 1. The van der Waals surface area contributed by atoms with Gasteiger partial charge in [0.2, 0.25) is 0 Å². The number of benzene rings is 8. The van der Waals surface area contributed by atoms with Crippen molar-refractivity contribution in [2.45, 2.75) is 0 Å². The fourth-order valence-electron chi connectivity index (χ4n) is 6.88. The van der Waals surface area contributed by atoms with E-state index in [9.17, 15) is 0 Å². The zero-order chi connectivity index (χ0) is 31.9. The molecule has 0 amide bonds. The van der Waals surface area contributed by atoms with Gasteiger partial charge in [-0.05, 0) is 87.1 Å². The number of hydrogen-bond donors (Lipinski definition) is 0. The van der Waals surface area contributed by atoms with E-state index in [0.29, 0.717) is 0 Å². The number of anilines is 3. The van der Waals surface area contributed by atoms with Crippen LogP contribution in [-0.4, -0.2) is 0 Å². The molecule has 8 aromatic carbocycles. The summed E-state index contributed by atoms with van der Waals surface area (Å²) >= 11 is 1.86. The summed E-state index contributed by atoms with van der Waals surface area (Å²) < 4.78 is 2.59. The molecule has 0 bridgehead atoms. The molecule has 0 spiro atoms. The minimum absolute atomic E-state index is 1.11. The van der Waals surface area contributed by atoms with Crippen LogP contribution in [0.2, 0.25) is 0 Å². The average molecular weight is 630 g/mol. The van der Waals surface area contributed by atoms with Gasteiger partial charge in [-0.3, -0.25) is 0 Å². The Hall–Kier alpha value is -5.96.